The Hall–Kier alpha value is -2.15. The van der Waals surface area contributed by atoms with Gasteiger partial charge in [0.2, 0.25) is 6.79 Å². The lowest BCUT2D eigenvalue weighted by atomic mass is 10.1. The highest BCUT2D eigenvalue weighted by atomic mass is 16.7. The number of ether oxygens (including phenoxy) is 2. The molecule has 3 rings (SSSR count). The van der Waals surface area contributed by atoms with Crippen LogP contribution in [0.1, 0.15) is 5.56 Å². The Morgan fingerprint density at radius 3 is 2.88 bits per heavy atom. The van der Waals surface area contributed by atoms with Gasteiger partial charge in [-0.05, 0) is 11.6 Å². The maximum absolute atomic E-state index is 8.77. The summed E-state index contributed by atoms with van der Waals surface area (Å²) < 4.78 is 12.7. The fourth-order valence-corrected chi connectivity index (χ4v) is 2.08. The predicted molar refractivity (Wildman–Crippen MR) is 58.4 cm³/mol. The Labute approximate surface area is 92.6 Å². The van der Waals surface area contributed by atoms with Crippen molar-refractivity contribution in [3.8, 4) is 17.6 Å². The van der Waals surface area contributed by atoms with Crippen LogP contribution in [0.4, 0.5) is 0 Å². The second-order valence-electron chi connectivity index (χ2n) is 3.82. The lowest BCUT2D eigenvalue weighted by Gasteiger charge is -1.99. The molecule has 80 valence electrons. The quantitative estimate of drug-likeness (QED) is 0.729. The summed E-state index contributed by atoms with van der Waals surface area (Å²) in [4.78, 5) is 0. The molecule has 4 heteroatoms. The molecule has 2 heterocycles. The van der Waals surface area contributed by atoms with Gasteiger partial charge in [0.05, 0.1) is 18.0 Å². The standard InChI is InChI=1S/C12H10N2O2/c1-14-6-8(2-3-13)9-4-11-12(5-10(9)14)16-7-15-11/h4-6H,2,7H2,1H3. The SMILES string of the molecule is Cn1cc(CC#N)c2cc3c(cc21)OCO3. The fraction of sp³-hybridized carbons (Fsp3) is 0.250. The molecule has 0 unspecified atom stereocenters. The van der Waals surface area contributed by atoms with E-state index in [4.69, 9.17) is 14.7 Å². The molecule has 16 heavy (non-hydrogen) atoms. The Bertz CT molecular complexity index is 607. The van der Waals surface area contributed by atoms with Gasteiger partial charge in [0.1, 0.15) is 0 Å². The van der Waals surface area contributed by atoms with Crippen LogP contribution in [0.3, 0.4) is 0 Å². The first-order valence-electron chi connectivity index (χ1n) is 5.04. The van der Waals surface area contributed by atoms with Gasteiger partial charge in [0, 0.05) is 24.7 Å². The van der Waals surface area contributed by atoms with Gasteiger partial charge in [0.15, 0.2) is 11.5 Å². The molecule has 0 N–H and O–H groups in total. The number of nitriles is 1. The first-order chi connectivity index (χ1) is 7.79. The molecule has 4 nitrogen and oxygen atoms in total. The minimum Gasteiger partial charge on any atom is -0.454 e. The third kappa shape index (κ3) is 1.15. The highest BCUT2D eigenvalue weighted by Gasteiger charge is 2.17. The van der Waals surface area contributed by atoms with E-state index in [1.165, 1.54) is 0 Å². The van der Waals surface area contributed by atoms with Gasteiger partial charge in [-0.2, -0.15) is 5.26 Å². The zero-order valence-electron chi connectivity index (χ0n) is 8.86. The maximum atomic E-state index is 8.77. The van der Waals surface area contributed by atoms with Gasteiger partial charge < -0.3 is 14.0 Å². The maximum Gasteiger partial charge on any atom is 0.231 e. The van der Waals surface area contributed by atoms with Crippen molar-refractivity contribution in [1.82, 2.24) is 4.57 Å². The molecular weight excluding hydrogens is 204 g/mol. The van der Waals surface area contributed by atoms with E-state index in [2.05, 4.69) is 6.07 Å². The average molecular weight is 214 g/mol. The number of aromatic nitrogens is 1. The van der Waals surface area contributed by atoms with Crippen LogP contribution in [-0.4, -0.2) is 11.4 Å². The molecule has 1 aromatic carbocycles. The van der Waals surface area contributed by atoms with E-state index in [-0.39, 0.29) is 6.79 Å². The van der Waals surface area contributed by atoms with Crippen molar-refractivity contribution >= 4 is 10.9 Å². The average Bonchev–Trinajstić information content (AvgIpc) is 2.83. The van der Waals surface area contributed by atoms with Crippen LogP contribution in [0.15, 0.2) is 18.3 Å². The lowest BCUT2D eigenvalue weighted by Crippen LogP contribution is -1.93. The Morgan fingerprint density at radius 1 is 1.38 bits per heavy atom. The number of benzene rings is 1. The van der Waals surface area contributed by atoms with Crippen molar-refractivity contribution in [2.45, 2.75) is 6.42 Å². The summed E-state index contributed by atoms with van der Waals surface area (Å²) in [5.41, 5.74) is 2.09. The summed E-state index contributed by atoms with van der Waals surface area (Å²) in [6.45, 7) is 0.277. The second kappa shape index (κ2) is 3.17. The van der Waals surface area contributed by atoms with Crippen LogP contribution in [0.5, 0.6) is 11.5 Å². The Kier molecular flexibility index (Phi) is 1.80. The van der Waals surface area contributed by atoms with Gasteiger partial charge in [-0.3, -0.25) is 0 Å². The molecule has 0 fully saturated rings. The molecule has 2 aromatic rings. The van der Waals surface area contributed by atoms with Gasteiger partial charge in [-0.15, -0.1) is 0 Å². The number of hydrogen-bond acceptors (Lipinski definition) is 3. The zero-order valence-corrected chi connectivity index (χ0v) is 8.86. The molecule has 0 saturated carbocycles. The topological polar surface area (TPSA) is 47.2 Å². The lowest BCUT2D eigenvalue weighted by molar-refractivity contribution is 0.174. The number of aryl methyl sites for hydroxylation is 1. The van der Waals surface area contributed by atoms with Crippen LogP contribution < -0.4 is 9.47 Å². The van der Waals surface area contributed by atoms with Crippen LogP contribution in [0, 0.1) is 11.3 Å². The molecular formula is C12H10N2O2. The van der Waals surface area contributed by atoms with Gasteiger partial charge in [-0.1, -0.05) is 0 Å². The van der Waals surface area contributed by atoms with Crippen LogP contribution in [0.25, 0.3) is 10.9 Å². The monoisotopic (exact) mass is 214 g/mol. The van der Waals surface area contributed by atoms with Crippen LogP contribution in [-0.2, 0) is 13.5 Å². The highest BCUT2D eigenvalue weighted by molar-refractivity contribution is 5.87. The first kappa shape index (κ1) is 9.10. The van der Waals surface area contributed by atoms with E-state index >= 15 is 0 Å². The van der Waals surface area contributed by atoms with E-state index in [0.29, 0.717) is 6.42 Å². The molecule has 0 aliphatic carbocycles. The van der Waals surface area contributed by atoms with Gasteiger partial charge >= 0.3 is 0 Å². The van der Waals surface area contributed by atoms with Crippen molar-refractivity contribution in [3.05, 3.63) is 23.9 Å². The molecule has 1 aliphatic heterocycles. The van der Waals surface area contributed by atoms with Crippen molar-refractivity contribution in [2.24, 2.45) is 7.05 Å². The summed E-state index contributed by atoms with van der Waals surface area (Å²) >= 11 is 0. The number of hydrogen-bond donors (Lipinski definition) is 0. The number of nitrogens with zero attached hydrogens (tertiary/aromatic N) is 2. The minimum absolute atomic E-state index is 0.277. The highest BCUT2D eigenvalue weighted by Crippen LogP contribution is 2.37. The first-order valence-corrected chi connectivity index (χ1v) is 5.04. The number of rotatable bonds is 1. The van der Waals surface area contributed by atoms with Crippen LogP contribution >= 0.6 is 0 Å². The molecule has 0 bridgehead atoms. The van der Waals surface area contributed by atoms with Gasteiger partial charge in [0.25, 0.3) is 0 Å². The summed E-state index contributed by atoms with van der Waals surface area (Å²) in [6, 6.07) is 6.08. The predicted octanol–water partition coefficient (Wildman–Crippen LogP) is 1.97. The van der Waals surface area contributed by atoms with Crippen molar-refractivity contribution in [1.29, 1.82) is 5.26 Å². The third-order valence-electron chi connectivity index (χ3n) is 2.84. The summed E-state index contributed by atoms with van der Waals surface area (Å²) in [6.07, 6.45) is 2.39. The van der Waals surface area contributed by atoms with Crippen molar-refractivity contribution < 1.29 is 9.47 Å². The zero-order chi connectivity index (χ0) is 11.1. The summed E-state index contributed by atoms with van der Waals surface area (Å²) in [5, 5.41) is 9.83. The normalized spacial score (nSPS) is 13.0. The van der Waals surface area contributed by atoms with E-state index in [9.17, 15) is 0 Å². The summed E-state index contributed by atoms with van der Waals surface area (Å²) in [7, 11) is 1.96. The van der Waals surface area contributed by atoms with E-state index in [0.717, 1.165) is 28.0 Å². The van der Waals surface area contributed by atoms with Crippen molar-refractivity contribution in [2.75, 3.05) is 6.79 Å². The molecule has 0 atom stereocenters. The molecule has 1 aromatic heterocycles. The molecule has 1 aliphatic rings. The second-order valence-corrected chi connectivity index (χ2v) is 3.82. The van der Waals surface area contributed by atoms with Crippen LogP contribution in [0.2, 0.25) is 0 Å². The Morgan fingerprint density at radius 2 is 2.12 bits per heavy atom. The molecule has 0 radical (unpaired) electrons. The number of fused-ring (bicyclic) bond motifs is 2. The van der Waals surface area contributed by atoms with E-state index < -0.39 is 0 Å². The third-order valence-corrected chi connectivity index (χ3v) is 2.84. The molecule has 0 saturated heterocycles. The molecule has 0 spiro atoms. The molecule has 0 amide bonds. The summed E-state index contributed by atoms with van der Waals surface area (Å²) in [5.74, 6) is 1.54. The largest absolute Gasteiger partial charge is 0.454 e. The fourth-order valence-electron chi connectivity index (χ4n) is 2.08. The van der Waals surface area contributed by atoms with Crippen molar-refractivity contribution in [3.63, 3.8) is 0 Å². The minimum atomic E-state index is 0.277. The van der Waals surface area contributed by atoms with Gasteiger partial charge in [-0.25, -0.2) is 0 Å². The smallest absolute Gasteiger partial charge is 0.231 e. The van der Waals surface area contributed by atoms with E-state index in [1.807, 2.05) is 29.9 Å². The Balaban J connectivity index is 2.29. The van der Waals surface area contributed by atoms with E-state index in [1.54, 1.807) is 0 Å².